The van der Waals surface area contributed by atoms with Gasteiger partial charge in [-0.25, -0.2) is 0 Å². The van der Waals surface area contributed by atoms with E-state index in [0.29, 0.717) is 6.42 Å². The molecule has 70 valence electrons. The highest BCUT2D eigenvalue weighted by molar-refractivity contribution is 5.97. The topological polar surface area (TPSA) is 17.1 Å². The third-order valence-corrected chi connectivity index (χ3v) is 2.33. The maximum atomic E-state index is 11.7. The maximum absolute atomic E-state index is 11.7. The molecule has 0 heterocycles. The molecule has 1 aliphatic carbocycles. The zero-order chi connectivity index (χ0) is 9.80. The van der Waals surface area contributed by atoms with E-state index >= 15 is 0 Å². The minimum absolute atomic E-state index is 0.209. The minimum atomic E-state index is 0.209. The molecule has 1 heteroatoms. The summed E-state index contributed by atoms with van der Waals surface area (Å²) < 4.78 is 0. The molecule has 0 saturated heterocycles. The molecule has 0 aromatic heterocycles. The van der Waals surface area contributed by atoms with Crippen LogP contribution in [0.3, 0.4) is 0 Å². The normalized spacial score (nSPS) is 14.1. The van der Waals surface area contributed by atoms with E-state index in [1.807, 2.05) is 42.5 Å². The molecule has 1 aromatic carbocycles. The standard InChI is InChI=1S/C13H12O/c14-13(10-11-6-4-5-7-11)12-8-2-1-3-9-12/h1-6,8-9H,7,10H2. The van der Waals surface area contributed by atoms with Crippen molar-refractivity contribution in [2.45, 2.75) is 12.8 Å². The highest BCUT2D eigenvalue weighted by Gasteiger charge is 2.08. The van der Waals surface area contributed by atoms with E-state index in [1.165, 1.54) is 5.57 Å². The largest absolute Gasteiger partial charge is 0.294 e. The Labute approximate surface area is 83.8 Å². The first kappa shape index (κ1) is 8.95. The number of carbonyl (C=O) groups excluding carboxylic acids is 1. The van der Waals surface area contributed by atoms with Gasteiger partial charge in [0.2, 0.25) is 0 Å². The van der Waals surface area contributed by atoms with E-state index < -0.39 is 0 Å². The quantitative estimate of drug-likeness (QED) is 0.659. The molecule has 0 fully saturated rings. The number of carbonyl (C=O) groups is 1. The van der Waals surface area contributed by atoms with Gasteiger partial charge in [0.05, 0.1) is 0 Å². The summed E-state index contributed by atoms with van der Waals surface area (Å²) in [5.74, 6) is 0.209. The molecule has 0 amide bonds. The Balaban J connectivity index is 2.03. The summed E-state index contributed by atoms with van der Waals surface area (Å²) in [5, 5.41) is 0. The molecule has 0 N–H and O–H groups in total. The number of allylic oxidation sites excluding steroid dienone is 4. The molecule has 1 aromatic rings. The lowest BCUT2D eigenvalue weighted by Gasteiger charge is -2.01. The van der Waals surface area contributed by atoms with Gasteiger partial charge in [0.1, 0.15) is 0 Å². The fourth-order valence-corrected chi connectivity index (χ4v) is 1.56. The Morgan fingerprint density at radius 1 is 1.21 bits per heavy atom. The van der Waals surface area contributed by atoms with Crippen LogP contribution < -0.4 is 0 Å². The van der Waals surface area contributed by atoms with Crippen molar-refractivity contribution in [2.75, 3.05) is 0 Å². The molecule has 0 aliphatic heterocycles. The predicted octanol–water partition coefficient (Wildman–Crippen LogP) is 3.15. The van der Waals surface area contributed by atoms with Crippen LogP contribution in [0.2, 0.25) is 0 Å². The number of rotatable bonds is 3. The van der Waals surface area contributed by atoms with E-state index in [9.17, 15) is 4.79 Å². The first-order chi connectivity index (χ1) is 6.86. The number of ketones is 1. The van der Waals surface area contributed by atoms with Crippen molar-refractivity contribution < 1.29 is 4.79 Å². The zero-order valence-electron chi connectivity index (χ0n) is 7.94. The first-order valence-corrected chi connectivity index (χ1v) is 4.79. The molecule has 0 unspecified atom stereocenters. The SMILES string of the molecule is O=C(CC1=CC=CC1)c1ccccc1. The van der Waals surface area contributed by atoms with Crippen molar-refractivity contribution in [3.05, 3.63) is 59.7 Å². The molecule has 1 nitrogen and oxygen atoms in total. The van der Waals surface area contributed by atoms with Crippen molar-refractivity contribution >= 4 is 5.78 Å². The van der Waals surface area contributed by atoms with E-state index in [0.717, 1.165) is 12.0 Å². The highest BCUT2D eigenvalue weighted by Crippen LogP contribution is 2.17. The fourth-order valence-electron chi connectivity index (χ4n) is 1.56. The van der Waals surface area contributed by atoms with Crippen LogP contribution in [-0.2, 0) is 0 Å². The molecular weight excluding hydrogens is 172 g/mol. The van der Waals surface area contributed by atoms with Crippen molar-refractivity contribution in [3.63, 3.8) is 0 Å². The lowest BCUT2D eigenvalue weighted by atomic mass is 10.0. The van der Waals surface area contributed by atoms with Crippen molar-refractivity contribution in [1.29, 1.82) is 0 Å². The Morgan fingerprint density at radius 2 is 2.00 bits per heavy atom. The molecule has 2 rings (SSSR count). The van der Waals surface area contributed by atoms with Crippen molar-refractivity contribution in [2.24, 2.45) is 0 Å². The van der Waals surface area contributed by atoms with Crippen LogP contribution >= 0.6 is 0 Å². The van der Waals surface area contributed by atoms with Crippen LogP contribution in [-0.4, -0.2) is 5.78 Å². The number of hydrogen-bond acceptors (Lipinski definition) is 1. The molecular formula is C13H12O. The molecule has 0 saturated carbocycles. The van der Waals surface area contributed by atoms with Gasteiger partial charge >= 0.3 is 0 Å². The van der Waals surface area contributed by atoms with Gasteiger partial charge in [0.15, 0.2) is 5.78 Å². The van der Waals surface area contributed by atoms with Crippen LogP contribution in [0.4, 0.5) is 0 Å². The molecule has 14 heavy (non-hydrogen) atoms. The third kappa shape index (κ3) is 1.99. The summed E-state index contributed by atoms with van der Waals surface area (Å²) >= 11 is 0. The molecule has 1 aliphatic rings. The summed E-state index contributed by atoms with van der Waals surface area (Å²) in [7, 11) is 0. The third-order valence-electron chi connectivity index (χ3n) is 2.33. The Morgan fingerprint density at radius 3 is 2.64 bits per heavy atom. The van der Waals surface area contributed by atoms with Gasteiger partial charge in [-0.2, -0.15) is 0 Å². The average Bonchev–Trinajstić information content (AvgIpc) is 2.72. The maximum Gasteiger partial charge on any atom is 0.166 e. The van der Waals surface area contributed by atoms with Crippen LogP contribution in [0.1, 0.15) is 23.2 Å². The van der Waals surface area contributed by atoms with Crippen molar-refractivity contribution in [3.8, 4) is 0 Å². The molecule has 0 bridgehead atoms. The summed E-state index contributed by atoms with van der Waals surface area (Å²) in [5.41, 5.74) is 2.01. The van der Waals surface area contributed by atoms with Gasteiger partial charge in [0, 0.05) is 12.0 Å². The van der Waals surface area contributed by atoms with E-state index in [-0.39, 0.29) is 5.78 Å². The highest BCUT2D eigenvalue weighted by atomic mass is 16.1. The van der Waals surface area contributed by atoms with Gasteiger partial charge in [-0.1, -0.05) is 54.1 Å². The predicted molar refractivity (Wildman–Crippen MR) is 57.2 cm³/mol. The first-order valence-electron chi connectivity index (χ1n) is 4.79. The van der Waals surface area contributed by atoms with Crippen LogP contribution in [0, 0.1) is 0 Å². The Kier molecular flexibility index (Phi) is 2.59. The minimum Gasteiger partial charge on any atom is -0.294 e. The van der Waals surface area contributed by atoms with Crippen LogP contribution in [0.5, 0.6) is 0 Å². The average molecular weight is 184 g/mol. The van der Waals surface area contributed by atoms with Crippen molar-refractivity contribution in [1.82, 2.24) is 0 Å². The summed E-state index contributed by atoms with van der Waals surface area (Å²) in [6.07, 6.45) is 7.59. The van der Waals surface area contributed by atoms with Gasteiger partial charge in [-0.3, -0.25) is 4.79 Å². The van der Waals surface area contributed by atoms with Gasteiger partial charge in [0.25, 0.3) is 0 Å². The smallest absolute Gasteiger partial charge is 0.166 e. The lowest BCUT2D eigenvalue weighted by molar-refractivity contribution is 0.0992. The summed E-state index contributed by atoms with van der Waals surface area (Å²) in [6, 6.07) is 9.45. The molecule has 0 radical (unpaired) electrons. The van der Waals surface area contributed by atoms with Gasteiger partial charge in [-0.05, 0) is 6.42 Å². The van der Waals surface area contributed by atoms with Gasteiger partial charge in [-0.15, -0.1) is 0 Å². The van der Waals surface area contributed by atoms with E-state index in [4.69, 9.17) is 0 Å². The van der Waals surface area contributed by atoms with Crippen LogP contribution in [0.15, 0.2) is 54.1 Å². The number of Topliss-reactive ketones (excluding diaryl/α,β-unsaturated/α-hetero) is 1. The lowest BCUT2D eigenvalue weighted by Crippen LogP contribution is -1.99. The Hall–Kier alpha value is -1.63. The monoisotopic (exact) mass is 184 g/mol. The summed E-state index contributed by atoms with van der Waals surface area (Å²) in [6.45, 7) is 0. The van der Waals surface area contributed by atoms with E-state index in [2.05, 4.69) is 6.08 Å². The summed E-state index contributed by atoms with van der Waals surface area (Å²) in [4.78, 5) is 11.7. The van der Waals surface area contributed by atoms with Crippen LogP contribution in [0.25, 0.3) is 0 Å². The second-order valence-corrected chi connectivity index (χ2v) is 3.42. The molecule has 0 spiro atoms. The fraction of sp³-hybridized carbons (Fsp3) is 0.154. The number of benzene rings is 1. The zero-order valence-corrected chi connectivity index (χ0v) is 7.94. The number of hydrogen-bond donors (Lipinski definition) is 0. The molecule has 0 atom stereocenters. The second kappa shape index (κ2) is 4.05. The second-order valence-electron chi connectivity index (χ2n) is 3.42. The van der Waals surface area contributed by atoms with Gasteiger partial charge < -0.3 is 0 Å². The van der Waals surface area contributed by atoms with E-state index in [1.54, 1.807) is 0 Å². The Bertz CT molecular complexity index is 385.